The summed E-state index contributed by atoms with van der Waals surface area (Å²) in [7, 11) is 1.85. The Bertz CT molecular complexity index is 913. The minimum absolute atomic E-state index is 0.750. The number of anilines is 1. The molecular formula is C22H27N7. The van der Waals surface area contributed by atoms with E-state index < -0.39 is 0 Å². The lowest BCUT2D eigenvalue weighted by Crippen LogP contribution is -2.52. The number of rotatable bonds is 5. The van der Waals surface area contributed by atoms with Gasteiger partial charge in [0, 0.05) is 58.4 Å². The smallest absolute Gasteiger partial charge is 0.194 e. The largest absolute Gasteiger partial charge is 0.353 e. The normalized spacial score (nSPS) is 14.9. The summed E-state index contributed by atoms with van der Waals surface area (Å²) in [5, 5.41) is 7.80. The number of hydrogen-bond donors (Lipinski definition) is 1. The molecule has 0 spiro atoms. The first-order chi connectivity index (χ1) is 14.3. The van der Waals surface area contributed by atoms with Crippen LogP contribution in [0.5, 0.6) is 0 Å². The Balaban J connectivity index is 1.31. The van der Waals surface area contributed by atoms with Crippen LogP contribution in [0.1, 0.15) is 11.1 Å². The first-order valence-electron chi connectivity index (χ1n) is 9.98. The van der Waals surface area contributed by atoms with Crippen LogP contribution in [-0.2, 0) is 13.1 Å². The third-order valence-electron chi connectivity index (χ3n) is 5.11. The quantitative estimate of drug-likeness (QED) is 0.536. The second-order valence-electron chi connectivity index (χ2n) is 7.09. The Morgan fingerprint density at radius 2 is 1.86 bits per heavy atom. The third kappa shape index (κ3) is 4.93. The van der Waals surface area contributed by atoms with Crippen molar-refractivity contribution in [2.45, 2.75) is 13.1 Å². The lowest BCUT2D eigenvalue weighted by molar-refractivity contribution is 0.371. The summed E-state index contributed by atoms with van der Waals surface area (Å²) in [6.07, 6.45) is 5.64. The molecule has 7 nitrogen and oxygen atoms in total. The van der Waals surface area contributed by atoms with E-state index in [-0.39, 0.29) is 0 Å². The summed E-state index contributed by atoms with van der Waals surface area (Å²) in [5.74, 6) is 1.99. The van der Waals surface area contributed by atoms with Crippen LogP contribution in [0.25, 0.3) is 0 Å². The predicted octanol–water partition coefficient (Wildman–Crippen LogP) is 2.22. The van der Waals surface area contributed by atoms with Gasteiger partial charge in [0.05, 0.1) is 6.54 Å². The van der Waals surface area contributed by atoms with E-state index in [1.165, 1.54) is 11.1 Å². The number of nitrogens with zero attached hydrogens (tertiary/aromatic N) is 6. The first kappa shape index (κ1) is 19.0. The fourth-order valence-corrected chi connectivity index (χ4v) is 3.62. The molecule has 0 aliphatic carbocycles. The van der Waals surface area contributed by atoms with Crippen molar-refractivity contribution in [3.05, 3.63) is 78.2 Å². The molecule has 0 atom stereocenters. The van der Waals surface area contributed by atoms with Crippen LogP contribution in [0.3, 0.4) is 0 Å². The van der Waals surface area contributed by atoms with Crippen molar-refractivity contribution in [1.29, 1.82) is 0 Å². The molecule has 1 saturated heterocycles. The van der Waals surface area contributed by atoms with E-state index in [4.69, 9.17) is 0 Å². The number of nitrogens with one attached hydrogen (secondary N) is 1. The molecule has 1 N–H and O–H groups in total. The van der Waals surface area contributed by atoms with E-state index in [0.29, 0.717) is 0 Å². The van der Waals surface area contributed by atoms with Gasteiger partial charge in [0.1, 0.15) is 5.82 Å². The summed E-state index contributed by atoms with van der Waals surface area (Å²) in [6.45, 7) is 5.27. The molecule has 0 radical (unpaired) electrons. The zero-order valence-electron chi connectivity index (χ0n) is 16.8. The van der Waals surface area contributed by atoms with E-state index in [1.54, 1.807) is 0 Å². The summed E-state index contributed by atoms with van der Waals surface area (Å²) in [4.78, 5) is 13.6. The molecule has 2 aromatic heterocycles. The van der Waals surface area contributed by atoms with Gasteiger partial charge in [-0.15, -0.1) is 0 Å². The van der Waals surface area contributed by atoms with E-state index in [2.05, 4.69) is 60.5 Å². The molecule has 4 rings (SSSR count). The standard InChI is InChI=1S/C22H27N7/c1-23-22(28-14-12-27(13-15-28)21-8-2-3-9-24-21)25-17-19-6-4-7-20(16-19)18-29-11-5-10-26-29/h2-11,16H,12-15,17-18H2,1H3,(H,23,25). The summed E-state index contributed by atoms with van der Waals surface area (Å²) < 4.78 is 1.94. The minimum atomic E-state index is 0.750. The maximum absolute atomic E-state index is 4.49. The lowest BCUT2D eigenvalue weighted by Gasteiger charge is -2.37. The van der Waals surface area contributed by atoms with Crippen LogP contribution in [0.15, 0.2) is 72.1 Å². The average molecular weight is 390 g/mol. The van der Waals surface area contributed by atoms with Crippen molar-refractivity contribution in [1.82, 2.24) is 25.0 Å². The molecule has 0 saturated carbocycles. The summed E-state index contributed by atoms with van der Waals surface area (Å²) in [5.41, 5.74) is 2.48. The van der Waals surface area contributed by atoms with E-state index in [0.717, 1.165) is 51.0 Å². The molecule has 3 aromatic rings. The van der Waals surface area contributed by atoms with Crippen LogP contribution in [0.4, 0.5) is 5.82 Å². The van der Waals surface area contributed by atoms with Gasteiger partial charge in [-0.3, -0.25) is 9.67 Å². The van der Waals surface area contributed by atoms with Crippen molar-refractivity contribution in [3.8, 4) is 0 Å². The Kier molecular flexibility index (Phi) is 6.04. The third-order valence-corrected chi connectivity index (χ3v) is 5.11. The van der Waals surface area contributed by atoms with Crippen LogP contribution in [-0.4, -0.2) is 58.9 Å². The number of hydrogen-bond acceptors (Lipinski definition) is 4. The van der Waals surface area contributed by atoms with Crippen molar-refractivity contribution in [3.63, 3.8) is 0 Å². The van der Waals surface area contributed by atoms with Gasteiger partial charge in [0.15, 0.2) is 5.96 Å². The van der Waals surface area contributed by atoms with E-state index in [1.807, 2.05) is 48.5 Å². The molecule has 1 fully saturated rings. The molecule has 1 aromatic carbocycles. The Hall–Kier alpha value is -3.35. The van der Waals surface area contributed by atoms with Crippen LogP contribution in [0.2, 0.25) is 0 Å². The molecule has 150 valence electrons. The Morgan fingerprint density at radius 1 is 1.00 bits per heavy atom. The molecule has 0 amide bonds. The SMILES string of the molecule is CN=C(NCc1cccc(Cn2cccn2)c1)N1CCN(c2ccccn2)CC1. The van der Waals surface area contributed by atoms with Gasteiger partial charge >= 0.3 is 0 Å². The fourth-order valence-electron chi connectivity index (χ4n) is 3.62. The number of piperazine rings is 1. The Morgan fingerprint density at radius 3 is 2.59 bits per heavy atom. The molecular weight excluding hydrogens is 362 g/mol. The van der Waals surface area contributed by atoms with Crippen LogP contribution in [0, 0.1) is 0 Å². The summed E-state index contributed by atoms with van der Waals surface area (Å²) >= 11 is 0. The molecule has 3 heterocycles. The minimum Gasteiger partial charge on any atom is -0.353 e. The van der Waals surface area contributed by atoms with Gasteiger partial charge in [-0.2, -0.15) is 5.10 Å². The average Bonchev–Trinajstić information content (AvgIpc) is 3.29. The molecule has 0 unspecified atom stereocenters. The van der Waals surface area contributed by atoms with Crippen LogP contribution < -0.4 is 10.2 Å². The fraction of sp³-hybridized carbons (Fsp3) is 0.318. The highest BCUT2D eigenvalue weighted by Gasteiger charge is 2.20. The van der Waals surface area contributed by atoms with Crippen molar-refractivity contribution in [2.24, 2.45) is 4.99 Å². The number of benzene rings is 1. The number of aliphatic imine (C=N–C) groups is 1. The molecule has 0 bridgehead atoms. The number of guanidine groups is 1. The second kappa shape index (κ2) is 9.23. The second-order valence-corrected chi connectivity index (χ2v) is 7.09. The highest BCUT2D eigenvalue weighted by molar-refractivity contribution is 5.80. The van der Waals surface area contributed by atoms with Gasteiger partial charge < -0.3 is 15.1 Å². The van der Waals surface area contributed by atoms with Gasteiger partial charge in [0.25, 0.3) is 0 Å². The van der Waals surface area contributed by atoms with Crippen molar-refractivity contribution in [2.75, 3.05) is 38.1 Å². The van der Waals surface area contributed by atoms with Gasteiger partial charge in [-0.1, -0.05) is 30.3 Å². The van der Waals surface area contributed by atoms with E-state index in [9.17, 15) is 0 Å². The predicted molar refractivity (Wildman–Crippen MR) is 116 cm³/mol. The first-order valence-corrected chi connectivity index (χ1v) is 9.98. The zero-order chi connectivity index (χ0) is 19.9. The highest BCUT2D eigenvalue weighted by atomic mass is 15.4. The van der Waals surface area contributed by atoms with Gasteiger partial charge in [0.2, 0.25) is 0 Å². The maximum Gasteiger partial charge on any atom is 0.194 e. The molecule has 1 aliphatic heterocycles. The van der Waals surface area contributed by atoms with E-state index >= 15 is 0 Å². The molecule has 1 aliphatic rings. The summed E-state index contributed by atoms with van der Waals surface area (Å²) in [6, 6.07) is 16.6. The van der Waals surface area contributed by atoms with Crippen molar-refractivity contribution >= 4 is 11.8 Å². The topological polar surface area (TPSA) is 61.6 Å². The maximum atomic E-state index is 4.49. The lowest BCUT2D eigenvalue weighted by atomic mass is 10.1. The van der Waals surface area contributed by atoms with Crippen LogP contribution >= 0.6 is 0 Å². The molecule has 7 heteroatoms. The zero-order valence-corrected chi connectivity index (χ0v) is 16.8. The monoisotopic (exact) mass is 389 g/mol. The highest BCUT2D eigenvalue weighted by Crippen LogP contribution is 2.13. The van der Waals surface area contributed by atoms with Crippen molar-refractivity contribution < 1.29 is 0 Å². The van der Waals surface area contributed by atoms with Gasteiger partial charge in [-0.25, -0.2) is 4.98 Å². The Labute approximate surface area is 171 Å². The number of aromatic nitrogens is 3. The van der Waals surface area contributed by atoms with Gasteiger partial charge in [-0.05, 0) is 29.3 Å². The molecule has 29 heavy (non-hydrogen) atoms. The number of pyridine rings is 1.